The molecule has 0 bridgehead atoms. The van der Waals surface area contributed by atoms with Crippen molar-refractivity contribution in [3.05, 3.63) is 12.7 Å². The summed E-state index contributed by atoms with van der Waals surface area (Å²) in [7, 11) is 0. The molecule has 8 heteroatoms. The van der Waals surface area contributed by atoms with Crippen LogP contribution >= 0.6 is 0 Å². The molecular formula is C16H26N6O2. The summed E-state index contributed by atoms with van der Waals surface area (Å²) in [6.07, 6.45) is 9.13. The Morgan fingerprint density at radius 1 is 1.12 bits per heavy atom. The van der Waals surface area contributed by atoms with Gasteiger partial charge < -0.3 is 10.6 Å². The predicted molar refractivity (Wildman–Crippen MR) is 87.8 cm³/mol. The fraction of sp³-hybridized carbons (Fsp3) is 0.750. The maximum atomic E-state index is 12.8. The number of aromatic nitrogens is 3. The van der Waals surface area contributed by atoms with Gasteiger partial charge in [0.1, 0.15) is 18.7 Å². The van der Waals surface area contributed by atoms with E-state index in [1.165, 1.54) is 6.33 Å². The maximum absolute atomic E-state index is 12.8. The number of carbonyl (C=O) groups is 2. The van der Waals surface area contributed by atoms with Crippen molar-refractivity contribution < 1.29 is 9.59 Å². The van der Waals surface area contributed by atoms with Gasteiger partial charge in [-0.2, -0.15) is 5.10 Å². The highest BCUT2D eigenvalue weighted by Crippen LogP contribution is 2.21. The van der Waals surface area contributed by atoms with E-state index < -0.39 is 6.04 Å². The van der Waals surface area contributed by atoms with Crippen molar-refractivity contribution in [3.8, 4) is 0 Å². The lowest BCUT2D eigenvalue weighted by molar-refractivity contribution is -0.142. The molecule has 132 valence electrons. The van der Waals surface area contributed by atoms with Gasteiger partial charge in [-0.1, -0.05) is 6.42 Å². The first kappa shape index (κ1) is 16.9. The lowest BCUT2D eigenvalue weighted by atomic mass is 10.00. The molecule has 0 unspecified atom stereocenters. The van der Waals surface area contributed by atoms with Crippen molar-refractivity contribution in [1.29, 1.82) is 0 Å². The van der Waals surface area contributed by atoms with E-state index >= 15 is 0 Å². The van der Waals surface area contributed by atoms with E-state index in [1.54, 1.807) is 11.2 Å². The minimum atomic E-state index is -0.440. The molecule has 3 heterocycles. The Morgan fingerprint density at radius 3 is 2.67 bits per heavy atom. The topological polar surface area (TPSA) is 97.3 Å². The molecule has 2 saturated heterocycles. The van der Waals surface area contributed by atoms with E-state index in [0.29, 0.717) is 19.5 Å². The minimum Gasteiger partial charge on any atom is -0.368 e. The van der Waals surface area contributed by atoms with E-state index in [9.17, 15) is 9.59 Å². The number of rotatable bonds is 5. The Hall–Kier alpha value is -1.96. The van der Waals surface area contributed by atoms with Gasteiger partial charge in [0.25, 0.3) is 0 Å². The zero-order chi connectivity index (χ0) is 16.9. The molecule has 0 aromatic carbocycles. The summed E-state index contributed by atoms with van der Waals surface area (Å²) in [6.45, 7) is 2.63. The zero-order valence-corrected chi connectivity index (χ0v) is 14.0. The van der Waals surface area contributed by atoms with Crippen molar-refractivity contribution in [3.63, 3.8) is 0 Å². The lowest BCUT2D eigenvalue weighted by Gasteiger charge is -2.39. The quantitative estimate of drug-likeness (QED) is 0.817. The number of nitrogens with zero attached hydrogens (tertiary/aromatic N) is 5. The number of carbonyl (C=O) groups excluding carboxylic acids is 2. The normalized spacial score (nSPS) is 25.6. The molecule has 1 aromatic heterocycles. The third kappa shape index (κ3) is 3.92. The van der Waals surface area contributed by atoms with Crippen LogP contribution in [0.2, 0.25) is 0 Å². The summed E-state index contributed by atoms with van der Waals surface area (Å²) in [6, 6.07) is -0.161. The highest BCUT2D eigenvalue weighted by molar-refractivity contribution is 5.87. The van der Waals surface area contributed by atoms with Crippen molar-refractivity contribution >= 4 is 11.8 Å². The Labute approximate surface area is 142 Å². The van der Waals surface area contributed by atoms with Gasteiger partial charge in [-0.25, -0.2) is 4.98 Å². The average molecular weight is 334 g/mol. The summed E-state index contributed by atoms with van der Waals surface area (Å²) in [5.41, 5.74) is 5.48. The fourth-order valence-electron chi connectivity index (χ4n) is 3.81. The molecule has 0 spiro atoms. The number of likely N-dealkylation sites (tertiary alicyclic amines) is 2. The third-order valence-electron chi connectivity index (χ3n) is 5.10. The number of nitrogens with two attached hydrogens (primary N) is 1. The molecule has 2 atom stereocenters. The summed E-state index contributed by atoms with van der Waals surface area (Å²) in [5, 5.41) is 4.17. The van der Waals surface area contributed by atoms with Gasteiger partial charge in [0.2, 0.25) is 11.8 Å². The molecule has 0 aliphatic carbocycles. The smallest absolute Gasteiger partial charge is 0.240 e. The number of hydrogen-bond acceptors (Lipinski definition) is 5. The third-order valence-corrected chi connectivity index (χ3v) is 5.10. The predicted octanol–water partition coefficient (Wildman–Crippen LogP) is -0.001000. The first-order chi connectivity index (χ1) is 11.6. The van der Waals surface area contributed by atoms with Crippen LogP contribution in [0.4, 0.5) is 0 Å². The highest BCUT2D eigenvalue weighted by atomic mass is 16.2. The van der Waals surface area contributed by atoms with Crippen LogP contribution in [-0.4, -0.2) is 68.1 Å². The first-order valence-corrected chi connectivity index (χ1v) is 8.80. The molecule has 0 saturated carbocycles. The van der Waals surface area contributed by atoms with Crippen molar-refractivity contribution in [2.75, 3.05) is 19.6 Å². The number of primary amides is 1. The Bertz CT molecular complexity index is 561. The van der Waals surface area contributed by atoms with E-state index in [4.69, 9.17) is 5.73 Å². The van der Waals surface area contributed by atoms with Gasteiger partial charge in [0.15, 0.2) is 0 Å². The molecular weight excluding hydrogens is 308 g/mol. The average Bonchev–Trinajstić information content (AvgIpc) is 3.09. The number of piperidine rings is 2. The Kier molecular flexibility index (Phi) is 5.44. The van der Waals surface area contributed by atoms with Gasteiger partial charge in [-0.3, -0.25) is 19.2 Å². The van der Waals surface area contributed by atoms with Crippen molar-refractivity contribution in [2.24, 2.45) is 5.73 Å². The van der Waals surface area contributed by atoms with Crippen LogP contribution in [0.15, 0.2) is 12.7 Å². The molecule has 3 rings (SSSR count). The summed E-state index contributed by atoms with van der Waals surface area (Å²) in [5.74, 6) is -0.371. The molecule has 2 aliphatic rings. The van der Waals surface area contributed by atoms with Crippen molar-refractivity contribution in [1.82, 2.24) is 24.6 Å². The van der Waals surface area contributed by atoms with Crippen LogP contribution in [0, 0.1) is 0 Å². The molecule has 2 aliphatic heterocycles. The van der Waals surface area contributed by atoms with Crippen LogP contribution < -0.4 is 5.73 Å². The van der Waals surface area contributed by atoms with Crippen LogP contribution in [-0.2, 0) is 16.1 Å². The Morgan fingerprint density at radius 2 is 1.92 bits per heavy atom. The standard InChI is InChI=1S/C16H26N6O2/c17-16(24)14-6-2-4-8-22(14)15(23)10-20-7-3-1-5-13(20)9-21-12-18-11-19-21/h11-14H,1-10H2,(H2,17,24)/t13-,14-/m1/s1. The molecule has 1 aromatic rings. The molecule has 2 fully saturated rings. The van der Waals surface area contributed by atoms with Crippen LogP contribution in [0.1, 0.15) is 38.5 Å². The van der Waals surface area contributed by atoms with E-state index in [0.717, 1.165) is 45.2 Å². The monoisotopic (exact) mass is 334 g/mol. The van der Waals surface area contributed by atoms with Crippen LogP contribution in [0.25, 0.3) is 0 Å². The first-order valence-electron chi connectivity index (χ1n) is 8.80. The summed E-state index contributed by atoms with van der Waals surface area (Å²) in [4.78, 5) is 32.3. The van der Waals surface area contributed by atoms with Gasteiger partial charge in [-0.15, -0.1) is 0 Å². The highest BCUT2D eigenvalue weighted by Gasteiger charge is 2.33. The van der Waals surface area contributed by atoms with E-state index in [-0.39, 0.29) is 17.9 Å². The largest absolute Gasteiger partial charge is 0.368 e. The Balaban J connectivity index is 1.63. The van der Waals surface area contributed by atoms with Crippen molar-refractivity contribution in [2.45, 2.75) is 57.2 Å². The zero-order valence-electron chi connectivity index (χ0n) is 14.0. The second kappa shape index (κ2) is 7.74. The molecule has 2 N–H and O–H groups in total. The van der Waals surface area contributed by atoms with Gasteiger partial charge in [-0.05, 0) is 38.6 Å². The summed E-state index contributed by atoms with van der Waals surface area (Å²) >= 11 is 0. The second-order valence-electron chi connectivity index (χ2n) is 6.74. The van der Waals surface area contributed by atoms with E-state index in [1.807, 2.05) is 4.68 Å². The molecule has 0 radical (unpaired) electrons. The number of amides is 2. The molecule has 24 heavy (non-hydrogen) atoms. The minimum absolute atomic E-state index is 0.0176. The van der Waals surface area contributed by atoms with E-state index in [2.05, 4.69) is 15.0 Å². The van der Waals surface area contributed by atoms with Gasteiger partial charge >= 0.3 is 0 Å². The van der Waals surface area contributed by atoms with Gasteiger partial charge in [0.05, 0.1) is 13.1 Å². The molecule has 8 nitrogen and oxygen atoms in total. The SMILES string of the molecule is NC(=O)[C@H]1CCCCN1C(=O)CN1CCCC[C@@H]1Cn1cncn1. The maximum Gasteiger partial charge on any atom is 0.240 e. The fourth-order valence-corrected chi connectivity index (χ4v) is 3.81. The van der Waals surface area contributed by atoms with Crippen LogP contribution in [0.5, 0.6) is 0 Å². The second-order valence-corrected chi connectivity index (χ2v) is 6.74. The van der Waals surface area contributed by atoms with Crippen LogP contribution in [0.3, 0.4) is 0 Å². The lowest BCUT2D eigenvalue weighted by Crippen LogP contribution is -2.55. The molecule has 2 amide bonds. The number of hydrogen-bond donors (Lipinski definition) is 1. The summed E-state index contributed by atoms with van der Waals surface area (Å²) < 4.78 is 1.82. The van der Waals surface area contributed by atoms with Gasteiger partial charge in [0, 0.05) is 12.6 Å².